The highest BCUT2D eigenvalue weighted by atomic mass is 32.1. The molecule has 0 atom stereocenters. The zero-order valence-corrected chi connectivity index (χ0v) is 11.5. The van der Waals surface area contributed by atoms with Crippen molar-refractivity contribution in [2.75, 3.05) is 12.3 Å². The normalized spacial score (nSPS) is 12.0. The molecule has 0 saturated carbocycles. The smallest absolute Gasteiger partial charge is 0.216 e. The van der Waals surface area contributed by atoms with Crippen molar-refractivity contribution in [2.45, 2.75) is 33.1 Å². The third-order valence-corrected chi connectivity index (χ3v) is 3.52. The van der Waals surface area contributed by atoms with Gasteiger partial charge in [-0.05, 0) is 23.3 Å². The lowest BCUT2D eigenvalue weighted by Crippen LogP contribution is -2.10. The highest BCUT2D eigenvalue weighted by Crippen LogP contribution is 2.38. The summed E-state index contributed by atoms with van der Waals surface area (Å²) in [6.45, 7) is 9.10. The number of aromatic nitrogens is 1. The van der Waals surface area contributed by atoms with E-state index in [2.05, 4.69) is 31.1 Å². The van der Waals surface area contributed by atoms with Crippen molar-refractivity contribution in [3.8, 4) is 5.88 Å². The van der Waals surface area contributed by atoms with Crippen LogP contribution >= 0.6 is 11.3 Å². The van der Waals surface area contributed by atoms with Crippen LogP contribution in [0.1, 0.15) is 33.3 Å². The van der Waals surface area contributed by atoms with Crippen LogP contribution in [0.4, 0.5) is 5.69 Å². The standard InChI is InChI=1S/C13H18N2OS/c1-5-16-10-6-9(14)11-8(13(2,3)4)7-17-12(11)15-10/h6-7H,5H2,1-4H3,(H2,14,15). The van der Waals surface area contributed by atoms with E-state index in [4.69, 9.17) is 10.5 Å². The van der Waals surface area contributed by atoms with Gasteiger partial charge in [-0.2, -0.15) is 0 Å². The van der Waals surface area contributed by atoms with Crippen LogP contribution in [0.2, 0.25) is 0 Å². The van der Waals surface area contributed by atoms with Crippen LogP contribution in [0.15, 0.2) is 11.4 Å². The maximum Gasteiger partial charge on any atom is 0.216 e. The van der Waals surface area contributed by atoms with Gasteiger partial charge in [0.15, 0.2) is 0 Å². The number of thiophene rings is 1. The van der Waals surface area contributed by atoms with Gasteiger partial charge in [-0.3, -0.25) is 0 Å². The summed E-state index contributed by atoms with van der Waals surface area (Å²) in [6.07, 6.45) is 0. The molecule has 2 rings (SSSR count). The van der Waals surface area contributed by atoms with Gasteiger partial charge in [-0.15, -0.1) is 11.3 Å². The molecule has 92 valence electrons. The number of hydrogen-bond donors (Lipinski definition) is 1. The van der Waals surface area contributed by atoms with E-state index in [9.17, 15) is 0 Å². The monoisotopic (exact) mass is 250 g/mol. The Balaban J connectivity index is 2.63. The van der Waals surface area contributed by atoms with Crippen molar-refractivity contribution >= 4 is 27.2 Å². The highest BCUT2D eigenvalue weighted by molar-refractivity contribution is 7.17. The molecule has 0 saturated heterocycles. The van der Waals surface area contributed by atoms with Crippen LogP contribution in [-0.4, -0.2) is 11.6 Å². The Morgan fingerprint density at radius 2 is 2.12 bits per heavy atom. The lowest BCUT2D eigenvalue weighted by Gasteiger charge is -2.18. The Bertz CT molecular complexity index is 540. The van der Waals surface area contributed by atoms with Gasteiger partial charge in [0.1, 0.15) is 4.83 Å². The molecule has 0 aromatic carbocycles. The Morgan fingerprint density at radius 1 is 1.41 bits per heavy atom. The number of nitrogens with zero attached hydrogens (tertiary/aromatic N) is 1. The second-order valence-electron chi connectivity index (χ2n) is 5.06. The minimum Gasteiger partial charge on any atom is -0.478 e. The van der Waals surface area contributed by atoms with E-state index in [1.54, 1.807) is 11.3 Å². The number of rotatable bonds is 2. The first-order valence-electron chi connectivity index (χ1n) is 5.74. The minimum absolute atomic E-state index is 0.0845. The number of ether oxygens (including phenoxy) is 1. The SMILES string of the molecule is CCOc1cc(N)c2c(C(C)(C)C)csc2n1. The van der Waals surface area contributed by atoms with E-state index < -0.39 is 0 Å². The number of nitrogen functional groups attached to an aromatic ring is 1. The largest absolute Gasteiger partial charge is 0.478 e. The topological polar surface area (TPSA) is 48.1 Å². The van der Waals surface area contributed by atoms with Crippen LogP contribution in [-0.2, 0) is 5.41 Å². The maximum atomic E-state index is 6.12. The molecule has 2 aromatic heterocycles. The van der Waals surface area contributed by atoms with Crippen molar-refractivity contribution < 1.29 is 4.74 Å². The van der Waals surface area contributed by atoms with Gasteiger partial charge in [0.05, 0.1) is 6.61 Å². The van der Waals surface area contributed by atoms with Gasteiger partial charge in [0, 0.05) is 17.1 Å². The summed E-state index contributed by atoms with van der Waals surface area (Å²) < 4.78 is 5.41. The van der Waals surface area contributed by atoms with E-state index >= 15 is 0 Å². The molecule has 0 fully saturated rings. The molecule has 0 aliphatic rings. The van der Waals surface area contributed by atoms with Crippen molar-refractivity contribution in [1.29, 1.82) is 0 Å². The predicted molar refractivity (Wildman–Crippen MR) is 73.9 cm³/mol. The van der Waals surface area contributed by atoms with Crippen molar-refractivity contribution in [2.24, 2.45) is 0 Å². The maximum absolute atomic E-state index is 6.12. The molecule has 2 aromatic rings. The predicted octanol–water partition coefficient (Wildman–Crippen LogP) is 3.57. The summed E-state index contributed by atoms with van der Waals surface area (Å²) in [6, 6.07) is 1.81. The zero-order valence-electron chi connectivity index (χ0n) is 10.7. The molecule has 0 amide bonds. The third kappa shape index (κ3) is 2.22. The highest BCUT2D eigenvalue weighted by Gasteiger charge is 2.21. The van der Waals surface area contributed by atoms with Crippen molar-refractivity contribution in [1.82, 2.24) is 4.98 Å². The second kappa shape index (κ2) is 4.18. The van der Waals surface area contributed by atoms with Crippen LogP contribution in [0.5, 0.6) is 5.88 Å². The van der Waals surface area contributed by atoms with Crippen molar-refractivity contribution in [3.05, 3.63) is 17.0 Å². The van der Waals surface area contributed by atoms with Gasteiger partial charge in [-0.25, -0.2) is 4.98 Å². The molecule has 0 aliphatic heterocycles. The van der Waals surface area contributed by atoms with E-state index in [1.807, 2.05) is 13.0 Å². The molecule has 2 heterocycles. The summed E-state index contributed by atoms with van der Waals surface area (Å²) in [5.41, 5.74) is 8.21. The van der Waals surface area contributed by atoms with E-state index in [0.717, 1.165) is 15.9 Å². The third-order valence-electron chi connectivity index (χ3n) is 2.65. The van der Waals surface area contributed by atoms with E-state index in [0.29, 0.717) is 12.5 Å². The van der Waals surface area contributed by atoms with Gasteiger partial charge < -0.3 is 10.5 Å². The van der Waals surface area contributed by atoms with Crippen LogP contribution in [0.3, 0.4) is 0 Å². The molecular weight excluding hydrogens is 232 g/mol. The molecule has 0 bridgehead atoms. The average molecular weight is 250 g/mol. The van der Waals surface area contributed by atoms with Gasteiger partial charge >= 0.3 is 0 Å². The molecule has 0 unspecified atom stereocenters. The van der Waals surface area contributed by atoms with Gasteiger partial charge in [0.2, 0.25) is 5.88 Å². The Hall–Kier alpha value is -1.29. The summed E-state index contributed by atoms with van der Waals surface area (Å²) >= 11 is 1.62. The fourth-order valence-corrected chi connectivity index (χ4v) is 3.01. The lowest BCUT2D eigenvalue weighted by molar-refractivity contribution is 0.328. The average Bonchev–Trinajstić information content (AvgIpc) is 2.61. The fraction of sp³-hybridized carbons (Fsp3) is 0.462. The van der Waals surface area contributed by atoms with E-state index in [1.165, 1.54) is 5.56 Å². The van der Waals surface area contributed by atoms with Gasteiger partial charge in [0.25, 0.3) is 0 Å². The lowest BCUT2D eigenvalue weighted by atomic mass is 9.87. The molecule has 0 radical (unpaired) electrons. The quantitative estimate of drug-likeness (QED) is 0.886. The first-order valence-corrected chi connectivity index (χ1v) is 6.62. The molecule has 0 spiro atoms. The second-order valence-corrected chi connectivity index (χ2v) is 5.92. The Morgan fingerprint density at radius 3 is 2.71 bits per heavy atom. The molecule has 4 heteroatoms. The van der Waals surface area contributed by atoms with Crippen molar-refractivity contribution in [3.63, 3.8) is 0 Å². The summed E-state index contributed by atoms with van der Waals surface area (Å²) in [5, 5.41) is 3.22. The number of pyridine rings is 1. The molecular formula is C13H18N2OS. The zero-order chi connectivity index (χ0) is 12.6. The Kier molecular flexibility index (Phi) is 3.00. The molecule has 3 nitrogen and oxygen atoms in total. The number of fused-ring (bicyclic) bond motifs is 1. The first kappa shape index (κ1) is 12.2. The van der Waals surface area contributed by atoms with Gasteiger partial charge in [-0.1, -0.05) is 20.8 Å². The minimum atomic E-state index is 0.0845. The van der Waals surface area contributed by atoms with Crippen LogP contribution in [0.25, 0.3) is 10.2 Å². The van der Waals surface area contributed by atoms with Crippen LogP contribution < -0.4 is 10.5 Å². The summed E-state index contributed by atoms with van der Waals surface area (Å²) in [7, 11) is 0. The number of anilines is 1. The first-order chi connectivity index (χ1) is 7.93. The summed E-state index contributed by atoms with van der Waals surface area (Å²) in [5.74, 6) is 0.611. The molecule has 2 N–H and O–H groups in total. The fourth-order valence-electron chi connectivity index (χ4n) is 1.82. The van der Waals surface area contributed by atoms with E-state index in [-0.39, 0.29) is 5.41 Å². The molecule has 0 aliphatic carbocycles. The summed E-state index contributed by atoms with van der Waals surface area (Å²) in [4.78, 5) is 5.43. The Labute approximate surface area is 106 Å². The molecule has 17 heavy (non-hydrogen) atoms. The number of nitrogens with two attached hydrogens (primary N) is 1. The van der Waals surface area contributed by atoms with Crippen LogP contribution in [0, 0.1) is 0 Å². The number of hydrogen-bond acceptors (Lipinski definition) is 4.